The Morgan fingerprint density at radius 1 is 1.05 bits per heavy atom. The Bertz CT molecular complexity index is 632. The Morgan fingerprint density at radius 2 is 1.80 bits per heavy atom. The first-order chi connectivity index (χ1) is 9.54. The highest BCUT2D eigenvalue weighted by molar-refractivity contribution is 9.13. The third-order valence-corrected chi connectivity index (χ3v) is 4.49. The molecule has 0 aliphatic heterocycles. The van der Waals surface area contributed by atoms with Gasteiger partial charge in [-0.2, -0.15) is 0 Å². The van der Waals surface area contributed by atoms with Crippen molar-refractivity contribution < 1.29 is 4.79 Å². The Kier molecular flexibility index (Phi) is 5.03. The first kappa shape index (κ1) is 14.9. The summed E-state index contributed by atoms with van der Waals surface area (Å²) < 4.78 is 2.04. The van der Waals surface area contributed by atoms with Gasteiger partial charge in [-0.1, -0.05) is 12.1 Å². The first-order valence-corrected chi connectivity index (χ1v) is 7.47. The Labute approximate surface area is 134 Å². The van der Waals surface area contributed by atoms with Crippen LogP contribution in [0.3, 0.4) is 0 Å². The van der Waals surface area contributed by atoms with E-state index in [1.807, 2.05) is 36.4 Å². The van der Waals surface area contributed by atoms with Crippen molar-refractivity contribution in [2.75, 3.05) is 10.6 Å². The highest BCUT2D eigenvalue weighted by atomic mass is 79.9. The van der Waals surface area contributed by atoms with Gasteiger partial charge in [-0.15, -0.1) is 0 Å². The fraction of sp³-hybridized carbons (Fsp3) is 0.0714. The van der Waals surface area contributed by atoms with Crippen LogP contribution in [0, 0.1) is 0 Å². The summed E-state index contributed by atoms with van der Waals surface area (Å²) in [5.41, 5.74) is 7.82. The number of anilines is 2. The molecular formula is C14H13Br2N3O. The summed E-state index contributed by atoms with van der Waals surface area (Å²) in [7, 11) is 0. The maximum Gasteiger partial charge on any atom is 0.316 e. The lowest BCUT2D eigenvalue weighted by atomic mass is 10.2. The molecule has 0 saturated carbocycles. The van der Waals surface area contributed by atoms with Crippen molar-refractivity contribution in [3.05, 3.63) is 57.0 Å². The summed E-state index contributed by atoms with van der Waals surface area (Å²) in [5.74, 6) is 0. The standard InChI is InChI=1S/C14H13Br2N3O/c15-12-5-4-9(6-13(12)16)8-18-10-2-1-3-11(7-10)19-14(17)20/h1-7,18H,8H2,(H3,17,19,20). The molecule has 0 aliphatic carbocycles. The van der Waals surface area contributed by atoms with Crippen molar-refractivity contribution in [1.29, 1.82) is 0 Å². The van der Waals surface area contributed by atoms with Gasteiger partial charge in [-0.3, -0.25) is 0 Å². The lowest BCUT2D eigenvalue weighted by molar-refractivity contribution is 0.259. The lowest BCUT2D eigenvalue weighted by Gasteiger charge is -2.09. The van der Waals surface area contributed by atoms with Gasteiger partial charge in [0.05, 0.1) is 0 Å². The number of carbonyl (C=O) groups excluding carboxylic acids is 1. The maximum atomic E-state index is 10.8. The fourth-order valence-electron chi connectivity index (χ4n) is 1.70. The molecule has 0 aromatic heterocycles. The van der Waals surface area contributed by atoms with Crippen LogP contribution in [0.1, 0.15) is 5.56 Å². The molecule has 0 aliphatic rings. The number of hydrogen-bond acceptors (Lipinski definition) is 2. The summed E-state index contributed by atoms with van der Waals surface area (Å²) in [4.78, 5) is 10.8. The van der Waals surface area contributed by atoms with Crippen LogP contribution < -0.4 is 16.4 Å². The molecule has 20 heavy (non-hydrogen) atoms. The molecule has 0 saturated heterocycles. The van der Waals surface area contributed by atoms with E-state index in [-0.39, 0.29) is 0 Å². The first-order valence-electron chi connectivity index (χ1n) is 5.89. The molecule has 4 nitrogen and oxygen atoms in total. The number of benzene rings is 2. The molecule has 104 valence electrons. The minimum Gasteiger partial charge on any atom is -0.381 e. The smallest absolute Gasteiger partial charge is 0.316 e. The topological polar surface area (TPSA) is 67.2 Å². The molecule has 0 atom stereocenters. The van der Waals surface area contributed by atoms with Crippen molar-refractivity contribution in [3.8, 4) is 0 Å². The molecule has 0 fully saturated rings. The molecule has 2 aromatic carbocycles. The molecule has 0 radical (unpaired) electrons. The summed E-state index contributed by atoms with van der Waals surface area (Å²) in [6.07, 6.45) is 0. The third-order valence-electron chi connectivity index (χ3n) is 2.61. The Hall–Kier alpha value is -1.53. The van der Waals surface area contributed by atoms with E-state index in [0.29, 0.717) is 12.2 Å². The summed E-state index contributed by atoms with van der Waals surface area (Å²) in [6.45, 7) is 0.686. The Morgan fingerprint density at radius 3 is 2.50 bits per heavy atom. The minimum absolute atomic E-state index is 0.570. The predicted molar refractivity (Wildman–Crippen MR) is 88.8 cm³/mol. The van der Waals surface area contributed by atoms with E-state index < -0.39 is 6.03 Å². The van der Waals surface area contributed by atoms with Gasteiger partial charge in [-0.25, -0.2) is 4.79 Å². The summed E-state index contributed by atoms with van der Waals surface area (Å²) >= 11 is 6.91. The maximum absolute atomic E-state index is 10.8. The van der Waals surface area contributed by atoms with Gasteiger partial charge >= 0.3 is 6.03 Å². The molecule has 2 rings (SSSR count). The van der Waals surface area contributed by atoms with Crippen LogP contribution in [0.2, 0.25) is 0 Å². The van der Waals surface area contributed by atoms with Crippen LogP contribution in [0.4, 0.5) is 16.2 Å². The number of urea groups is 1. The van der Waals surface area contributed by atoms with Crippen LogP contribution in [-0.4, -0.2) is 6.03 Å². The van der Waals surface area contributed by atoms with Crippen molar-refractivity contribution in [2.45, 2.75) is 6.54 Å². The second-order valence-corrected chi connectivity index (χ2v) is 5.88. The van der Waals surface area contributed by atoms with E-state index in [4.69, 9.17) is 5.73 Å². The zero-order valence-corrected chi connectivity index (χ0v) is 13.7. The molecule has 0 heterocycles. The van der Waals surface area contributed by atoms with Crippen LogP contribution in [0.15, 0.2) is 51.4 Å². The highest BCUT2D eigenvalue weighted by Crippen LogP contribution is 2.24. The van der Waals surface area contributed by atoms with Crippen LogP contribution in [0.5, 0.6) is 0 Å². The second-order valence-electron chi connectivity index (χ2n) is 4.17. The van der Waals surface area contributed by atoms with E-state index >= 15 is 0 Å². The summed E-state index contributed by atoms with van der Waals surface area (Å²) in [6, 6.07) is 12.9. The molecule has 2 aromatic rings. The quantitative estimate of drug-likeness (QED) is 0.718. The predicted octanol–water partition coefficient (Wildman–Crippen LogP) is 4.31. The normalized spacial score (nSPS) is 10.1. The zero-order valence-electron chi connectivity index (χ0n) is 10.5. The van der Waals surface area contributed by atoms with E-state index in [1.54, 1.807) is 6.07 Å². The summed E-state index contributed by atoms with van der Waals surface area (Å²) in [5, 5.41) is 5.84. The molecule has 0 spiro atoms. The number of amides is 2. The van der Waals surface area contributed by atoms with E-state index in [9.17, 15) is 4.79 Å². The fourth-order valence-corrected chi connectivity index (χ4v) is 2.38. The average Bonchev–Trinajstić information content (AvgIpc) is 2.40. The Balaban J connectivity index is 2.03. The highest BCUT2D eigenvalue weighted by Gasteiger charge is 2.01. The van der Waals surface area contributed by atoms with Crippen molar-refractivity contribution in [1.82, 2.24) is 0 Å². The van der Waals surface area contributed by atoms with Gasteiger partial charge in [0.15, 0.2) is 0 Å². The van der Waals surface area contributed by atoms with Crippen molar-refractivity contribution in [2.24, 2.45) is 5.73 Å². The lowest BCUT2D eigenvalue weighted by Crippen LogP contribution is -2.19. The molecule has 2 amide bonds. The molecule has 4 N–H and O–H groups in total. The number of nitrogens with one attached hydrogen (secondary N) is 2. The average molecular weight is 399 g/mol. The largest absolute Gasteiger partial charge is 0.381 e. The van der Waals surface area contributed by atoms with Gasteiger partial charge in [0.2, 0.25) is 0 Å². The SMILES string of the molecule is NC(=O)Nc1cccc(NCc2ccc(Br)c(Br)c2)c1. The number of nitrogens with two attached hydrogens (primary N) is 1. The van der Waals surface area contributed by atoms with E-state index in [2.05, 4.69) is 42.5 Å². The molecule has 6 heteroatoms. The number of carbonyl (C=O) groups is 1. The molecular weight excluding hydrogens is 386 g/mol. The van der Waals surface area contributed by atoms with Crippen molar-refractivity contribution >= 4 is 49.3 Å². The van der Waals surface area contributed by atoms with E-state index in [0.717, 1.165) is 20.2 Å². The number of primary amides is 1. The monoisotopic (exact) mass is 397 g/mol. The van der Waals surface area contributed by atoms with Crippen LogP contribution >= 0.6 is 31.9 Å². The second kappa shape index (κ2) is 6.76. The van der Waals surface area contributed by atoms with Crippen molar-refractivity contribution in [3.63, 3.8) is 0 Å². The zero-order chi connectivity index (χ0) is 14.5. The van der Waals surface area contributed by atoms with Gasteiger partial charge in [-0.05, 0) is 67.8 Å². The minimum atomic E-state index is -0.570. The van der Waals surface area contributed by atoms with Gasteiger partial charge < -0.3 is 16.4 Å². The van der Waals surface area contributed by atoms with E-state index in [1.165, 1.54) is 0 Å². The third kappa shape index (κ3) is 4.25. The van der Waals surface area contributed by atoms with Crippen LogP contribution in [0.25, 0.3) is 0 Å². The molecule has 0 bridgehead atoms. The molecule has 0 unspecified atom stereocenters. The van der Waals surface area contributed by atoms with Gasteiger partial charge in [0.1, 0.15) is 0 Å². The number of hydrogen-bond donors (Lipinski definition) is 3. The van der Waals surface area contributed by atoms with Gasteiger partial charge in [0.25, 0.3) is 0 Å². The van der Waals surface area contributed by atoms with Gasteiger partial charge in [0, 0.05) is 26.9 Å². The van der Waals surface area contributed by atoms with Crippen LogP contribution in [-0.2, 0) is 6.54 Å². The number of rotatable bonds is 4. The number of halogens is 2.